The molecule has 150 valence electrons. The van der Waals surface area contributed by atoms with Crippen LogP contribution in [0.3, 0.4) is 0 Å². The lowest BCUT2D eigenvalue weighted by atomic mass is 10.0. The number of benzene rings is 3. The van der Waals surface area contributed by atoms with E-state index in [0.717, 1.165) is 16.6 Å². The highest BCUT2D eigenvalue weighted by Gasteiger charge is 2.11. The standard InChI is InChI=1S/C26H24N2OS/c1-4-14-28-23-16-18(2)15-19(3)24(23)30-26(28)27-25(29)22-12-10-21(11-13-22)17-20-8-6-5-7-9-20/h4-13,15-16H,1,14,17H2,2-3H3. The quantitative estimate of drug-likeness (QED) is 0.379. The van der Waals surface area contributed by atoms with E-state index in [4.69, 9.17) is 0 Å². The summed E-state index contributed by atoms with van der Waals surface area (Å²) in [5.41, 5.74) is 6.52. The number of hydrogen-bond acceptors (Lipinski definition) is 2. The molecule has 0 saturated heterocycles. The molecule has 0 radical (unpaired) electrons. The highest BCUT2D eigenvalue weighted by molar-refractivity contribution is 7.16. The molecule has 0 saturated carbocycles. The summed E-state index contributed by atoms with van der Waals surface area (Å²) in [5.74, 6) is -0.222. The molecule has 1 heterocycles. The van der Waals surface area contributed by atoms with E-state index in [1.165, 1.54) is 22.3 Å². The number of carbonyl (C=O) groups excluding carboxylic acids is 1. The molecular weight excluding hydrogens is 388 g/mol. The fraction of sp³-hybridized carbons (Fsp3) is 0.154. The van der Waals surface area contributed by atoms with Gasteiger partial charge in [-0.05, 0) is 60.7 Å². The zero-order chi connectivity index (χ0) is 21.1. The van der Waals surface area contributed by atoms with Crippen molar-refractivity contribution in [1.29, 1.82) is 0 Å². The highest BCUT2D eigenvalue weighted by atomic mass is 32.1. The number of allylic oxidation sites excluding steroid dienone is 1. The normalized spacial score (nSPS) is 11.7. The number of hydrogen-bond donors (Lipinski definition) is 0. The van der Waals surface area contributed by atoms with Crippen molar-refractivity contribution < 1.29 is 4.79 Å². The lowest BCUT2D eigenvalue weighted by Gasteiger charge is -2.04. The van der Waals surface area contributed by atoms with Crippen LogP contribution in [0.25, 0.3) is 10.2 Å². The predicted molar refractivity (Wildman–Crippen MR) is 125 cm³/mol. The summed E-state index contributed by atoms with van der Waals surface area (Å²) in [6.45, 7) is 8.67. The SMILES string of the molecule is C=CCn1c(=NC(=O)c2ccc(Cc3ccccc3)cc2)sc2c(C)cc(C)cc21. The van der Waals surface area contributed by atoms with Crippen LogP contribution < -0.4 is 4.80 Å². The Kier molecular flexibility index (Phi) is 5.77. The lowest BCUT2D eigenvalue weighted by Crippen LogP contribution is -2.16. The van der Waals surface area contributed by atoms with E-state index in [9.17, 15) is 4.79 Å². The van der Waals surface area contributed by atoms with Crippen LogP contribution in [0.15, 0.2) is 84.4 Å². The Morgan fingerprint density at radius 3 is 2.43 bits per heavy atom. The Morgan fingerprint density at radius 2 is 1.73 bits per heavy atom. The van der Waals surface area contributed by atoms with Gasteiger partial charge in [-0.3, -0.25) is 4.79 Å². The molecule has 3 aromatic carbocycles. The highest BCUT2D eigenvalue weighted by Crippen LogP contribution is 2.23. The summed E-state index contributed by atoms with van der Waals surface area (Å²) < 4.78 is 3.22. The number of rotatable bonds is 5. The van der Waals surface area contributed by atoms with Crippen LogP contribution in [-0.4, -0.2) is 10.5 Å². The van der Waals surface area contributed by atoms with E-state index in [1.807, 2.05) is 48.5 Å². The van der Waals surface area contributed by atoms with Gasteiger partial charge in [0.05, 0.1) is 10.2 Å². The molecule has 0 aliphatic carbocycles. The maximum Gasteiger partial charge on any atom is 0.279 e. The first-order valence-electron chi connectivity index (χ1n) is 9.98. The predicted octanol–water partition coefficient (Wildman–Crippen LogP) is 5.84. The van der Waals surface area contributed by atoms with E-state index in [1.54, 1.807) is 11.3 Å². The van der Waals surface area contributed by atoms with Gasteiger partial charge in [0.2, 0.25) is 0 Å². The third kappa shape index (κ3) is 4.19. The van der Waals surface area contributed by atoms with Crippen molar-refractivity contribution in [1.82, 2.24) is 4.57 Å². The zero-order valence-corrected chi connectivity index (χ0v) is 18.1. The van der Waals surface area contributed by atoms with Gasteiger partial charge in [0, 0.05) is 12.1 Å². The van der Waals surface area contributed by atoms with Gasteiger partial charge >= 0.3 is 0 Å². The molecule has 0 unspecified atom stereocenters. The fourth-order valence-corrected chi connectivity index (χ4v) is 4.74. The summed E-state index contributed by atoms with van der Waals surface area (Å²) in [7, 11) is 0. The van der Waals surface area contributed by atoms with Crippen LogP contribution in [0.4, 0.5) is 0 Å². The van der Waals surface area contributed by atoms with Gasteiger partial charge in [-0.1, -0.05) is 65.9 Å². The second-order valence-corrected chi connectivity index (χ2v) is 8.47. The average Bonchev–Trinajstić information content (AvgIpc) is 3.07. The molecule has 0 bridgehead atoms. The average molecular weight is 413 g/mol. The van der Waals surface area contributed by atoms with Crippen LogP contribution in [0.1, 0.15) is 32.6 Å². The molecule has 4 aromatic rings. The molecule has 1 aromatic heterocycles. The minimum Gasteiger partial charge on any atom is -0.312 e. The minimum atomic E-state index is -0.222. The van der Waals surface area contributed by atoms with E-state index in [0.29, 0.717) is 16.9 Å². The Bertz CT molecular complexity index is 1280. The van der Waals surface area contributed by atoms with E-state index in [-0.39, 0.29) is 5.91 Å². The number of aryl methyl sites for hydroxylation is 2. The van der Waals surface area contributed by atoms with Crippen molar-refractivity contribution in [2.24, 2.45) is 4.99 Å². The first-order valence-corrected chi connectivity index (χ1v) is 10.8. The Labute approximate surface area is 180 Å². The van der Waals surface area contributed by atoms with Gasteiger partial charge in [-0.15, -0.1) is 6.58 Å². The number of nitrogens with zero attached hydrogens (tertiary/aromatic N) is 2. The number of aromatic nitrogens is 1. The van der Waals surface area contributed by atoms with Crippen LogP contribution in [-0.2, 0) is 13.0 Å². The van der Waals surface area contributed by atoms with Crippen molar-refractivity contribution in [3.63, 3.8) is 0 Å². The Balaban J connectivity index is 1.67. The van der Waals surface area contributed by atoms with Crippen molar-refractivity contribution in [2.45, 2.75) is 26.8 Å². The second-order valence-electron chi connectivity index (χ2n) is 7.49. The van der Waals surface area contributed by atoms with Crippen molar-refractivity contribution in [2.75, 3.05) is 0 Å². The molecule has 0 spiro atoms. The summed E-state index contributed by atoms with van der Waals surface area (Å²) in [4.78, 5) is 18.0. The van der Waals surface area contributed by atoms with E-state index in [2.05, 4.69) is 54.3 Å². The molecule has 0 aliphatic rings. The molecule has 4 rings (SSSR count). The summed E-state index contributed by atoms with van der Waals surface area (Å²) in [6, 6.07) is 22.4. The molecule has 0 N–H and O–H groups in total. The van der Waals surface area contributed by atoms with Crippen LogP contribution in [0.2, 0.25) is 0 Å². The molecular formula is C26H24N2OS. The molecule has 30 heavy (non-hydrogen) atoms. The minimum absolute atomic E-state index is 0.222. The van der Waals surface area contributed by atoms with Gasteiger partial charge in [-0.25, -0.2) is 0 Å². The van der Waals surface area contributed by atoms with E-state index >= 15 is 0 Å². The maximum absolute atomic E-state index is 12.9. The van der Waals surface area contributed by atoms with Crippen LogP contribution in [0, 0.1) is 13.8 Å². The Morgan fingerprint density at radius 1 is 1.03 bits per heavy atom. The molecule has 3 nitrogen and oxygen atoms in total. The smallest absolute Gasteiger partial charge is 0.279 e. The molecule has 1 amide bonds. The van der Waals surface area contributed by atoms with Gasteiger partial charge in [0.25, 0.3) is 5.91 Å². The molecule has 0 aliphatic heterocycles. The molecule has 0 atom stereocenters. The fourth-order valence-electron chi connectivity index (χ4n) is 3.65. The number of amides is 1. The topological polar surface area (TPSA) is 34.4 Å². The first kappa shape index (κ1) is 20.0. The van der Waals surface area contributed by atoms with Crippen LogP contribution in [0.5, 0.6) is 0 Å². The largest absolute Gasteiger partial charge is 0.312 e. The summed E-state index contributed by atoms with van der Waals surface area (Å²) in [5, 5.41) is 0. The van der Waals surface area contributed by atoms with Gasteiger partial charge < -0.3 is 4.57 Å². The van der Waals surface area contributed by atoms with Gasteiger partial charge in [-0.2, -0.15) is 4.99 Å². The third-order valence-corrected chi connectivity index (χ3v) is 6.30. The van der Waals surface area contributed by atoms with Crippen molar-refractivity contribution in [3.8, 4) is 0 Å². The maximum atomic E-state index is 12.9. The van der Waals surface area contributed by atoms with Crippen molar-refractivity contribution in [3.05, 3.63) is 112 Å². The number of thiazole rings is 1. The lowest BCUT2D eigenvalue weighted by molar-refractivity contribution is 0.0998. The third-order valence-electron chi connectivity index (χ3n) is 5.08. The molecule has 0 fully saturated rings. The van der Waals surface area contributed by atoms with Crippen LogP contribution >= 0.6 is 11.3 Å². The van der Waals surface area contributed by atoms with E-state index < -0.39 is 0 Å². The molecule has 4 heteroatoms. The summed E-state index contributed by atoms with van der Waals surface area (Å²) in [6.07, 6.45) is 2.69. The second kappa shape index (κ2) is 8.64. The van der Waals surface area contributed by atoms with Gasteiger partial charge in [0.1, 0.15) is 0 Å². The zero-order valence-electron chi connectivity index (χ0n) is 17.3. The van der Waals surface area contributed by atoms with Gasteiger partial charge in [0.15, 0.2) is 4.80 Å². The summed E-state index contributed by atoms with van der Waals surface area (Å²) >= 11 is 1.55. The van der Waals surface area contributed by atoms with Crippen molar-refractivity contribution >= 4 is 27.5 Å². The first-order chi connectivity index (χ1) is 14.5. The number of fused-ring (bicyclic) bond motifs is 1. The Hall–Kier alpha value is -3.24. The number of carbonyl (C=O) groups is 1. The monoisotopic (exact) mass is 412 g/mol.